The lowest BCUT2D eigenvalue weighted by atomic mass is 9.44. The van der Waals surface area contributed by atoms with Crippen molar-refractivity contribution in [3.8, 4) is 0 Å². The van der Waals surface area contributed by atoms with Gasteiger partial charge in [-0.3, -0.25) is 9.59 Å². The van der Waals surface area contributed by atoms with Crippen LogP contribution in [0, 0.1) is 46.3 Å². The molecule has 4 aliphatic carbocycles. The molecule has 0 aromatic heterocycles. The molecule has 0 heterocycles. The van der Waals surface area contributed by atoms with Crippen LogP contribution in [0.5, 0.6) is 0 Å². The highest BCUT2D eigenvalue weighted by Gasteiger charge is 2.64. The van der Waals surface area contributed by atoms with E-state index in [0.29, 0.717) is 59.7 Å². The molecule has 0 radical (unpaired) electrons. The maximum absolute atomic E-state index is 14.0. The second kappa shape index (κ2) is 10.2. The van der Waals surface area contributed by atoms with E-state index in [1.807, 2.05) is 30.3 Å². The van der Waals surface area contributed by atoms with Gasteiger partial charge >= 0.3 is 11.9 Å². The summed E-state index contributed by atoms with van der Waals surface area (Å²) in [6, 6.07) is 9.29. The Kier molecular flexibility index (Phi) is 7.28. The molecule has 4 fully saturated rings. The van der Waals surface area contributed by atoms with Crippen molar-refractivity contribution in [2.24, 2.45) is 46.3 Å². The van der Waals surface area contributed by atoms with Crippen LogP contribution in [0.1, 0.15) is 95.3 Å². The van der Waals surface area contributed by atoms with Gasteiger partial charge in [0.25, 0.3) is 0 Å². The maximum atomic E-state index is 14.0. The Labute approximate surface area is 222 Å². The lowest BCUT2D eigenvalue weighted by Crippen LogP contribution is -2.57. The van der Waals surface area contributed by atoms with Gasteiger partial charge in [-0.2, -0.15) is 0 Å². The third kappa shape index (κ3) is 4.55. The van der Waals surface area contributed by atoms with Gasteiger partial charge in [-0.1, -0.05) is 39.0 Å². The first-order valence-corrected chi connectivity index (χ1v) is 14.5. The Morgan fingerprint density at radius 1 is 1.03 bits per heavy atom. The first kappa shape index (κ1) is 26.4. The van der Waals surface area contributed by atoms with E-state index in [-0.39, 0.29) is 28.9 Å². The van der Waals surface area contributed by atoms with Crippen LogP contribution in [0.2, 0.25) is 0 Å². The van der Waals surface area contributed by atoms with Gasteiger partial charge < -0.3 is 9.47 Å². The van der Waals surface area contributed by atoms with Crippen LogP contribution in [-0.2, 0) is 19.1 Å². The minimum atomic E-state index is -0.262. The number of ketones is 1. The fourth-order valence-electron chi connectivity index (χ4n) is 9.42. The van der Waals surface area contributed by atoms with E-state index >= 15 is 0 Å². The first-order valence-electron chi connectivity index (χ1n) is 14.5. The number of hydrogen-bond acceptors (Lipinski definition) is 5. The Hall–Kier alpha value is -2.17. The SMILES string of the molecule is COC(=O)CCC(C)C1CCC2C3CC[C@@H]4C[C@H](OC(=O)c5ccccc5)CC[C@]4(C)C3CC(=O)[C@]12C. The number of Topliss-reactive ketones (excluding diaryl/α,β-unsaturated/α-hetero) is 1. The van der Waals surface area contributed by atoms with Gasteiger partial charge in [0.2, 0.25) is 0 Å². The standard InChI is InChI=1S/C32H44O5/c1-20(10-15-29(34)36-4)25-13-14-26-24-12-11-22-18-23(37-30(35)21-8-6-5-7-9-21)16-17-31(22,2)27(24)19-28(33)32(25,26)3/h5-9,20,22-27H,10-19H2,1-4H3/t20?,22-,23-,24?,25?,26?,27?,31+,32-/m1/s1. The third-order valence-corrected chi connectivity index (χ3v) is 11.6. The highest BCUT2D eigenvalue weighted by Crippen LogP contribution is 2.67. The summed E-state index contributed by atoms with van der Waals surface area (Å²) in [5, 5.41) is 0. The molecule has 202 valence electrons. The van der Waals surface area contributed by atoms with Crippen molar-refractivity contribution in [2.75, 3.05) is 7.11 Å². The molecule has 4 saturated carbocycles. The molecule has 5 rings (SSSR count). The highest BCUT2D eigenvalue weighted by atomic mass is 16.5. The molecule has 5 heteroatoms. The Bertz CT molecular complexity index is 1020. The number of fused-ring (bicyclic) bond motifs is 5. The number of carbonyl (C=O) groups is 3. The molecule has 4 aliphatic rings. The molecule has 0 aliphatic heterocycles. The summed E-state index contributed by atoms with van der Waals surface area (Å²) >= 11 is 0. The summed E-state index contributed by atoms with van der Waals surface area (Å²) < 4.78 is 10.8. The van der Waals surface area contributed by atoms with Crippen LogP contribution in [0.25, 0.3) is 0 Å². The lowest BCUT2D eigenvalue weighted by molar-refractivity contribution is -0.160. The molecule has 37 heavy (non-hydrogen) atoms. The summed E-state index contributed by atoms with van der Waals surface area (Å²) in [5.41, 5.74) is 0.500. The topological polar surface area (TPSA) is 69.7 Å². The number of ether oxygens (including phenoxy) is 2. The smallest absolute Gasteiger partial charge is 0.338 e. The van der Waals surface area contributed by atoms with E-state index in [4.69, 9.17) is 9.47 Å². The normalized spacial score (nSPS) is 39.6. The predicted molar refractivity (Wildman–Crippen MR) is 142 cm³/mol. The van der Waals surface area contributed by atoms with Crippen molar-refractivity contribution in [2.45, 2.75) is 91.1 Å². The van der Waals surface area contributed by atoms with Crippen molar-refractivity contribution < 1.29 is 23.9 Å². The number of hydrogen-bond donors (Lipinski definition) is 0. The van der Waals surface area contributed by atoms with Crippen molar-refractivity contribution >= 4 is 17.7 Å². The van der Waals surface area contributed by atoms with Gasteiger partial charge in [-0.05, 0) is 104 Å². The molecule has 1 aromatic carbocycles. The molecule has 9 atom stereocenters. The number of benzene rings is 1. The van der Waals surface area contributed by atoms with E-state index in [9.17, 15) is 14.4 Å². The molecule has 1 aromatic rings. The van der Waals surface area contributed by atoms with Crippen molar-refractivity contribution in [1.29, 1.82) is 0 Å². The quantitative estimate of drug-likeness (QED) is 0.403. The van der Waals surface area contributed by atoms with Crippen molar-refractivity contribution in [1.82, 2.24) is 0 Å². The molecule has 0 saturated heterocycles. The maximum Gasteiger partial charge on any atom is 0.338 e. The molecule has 5 unspecified atom stereocenters. The van der Waals surface area contributed by atoms with E-state index in [1.54, 1.807) is 0 Å². The fraction of sp³-hybridized carbons (Fsp3) is 0.719. The summed E-state index contributed by atoms with van der Waals surface area (Å²) in [6.07, 6.45) is 9.31. The van der Waals surface area contributed by atoms with Gasteiger partial charge in [0.15, 0.2) is 0 Å². The summed E-state index contributed by atoms with van der Waals surface area (Å²) in [5.74, 6) is 2.79. The number of rotatable bonds is 6. The van der Waals surface area contributed by atoms with E-state index < -0.39 is 0 Å². The van der Waals surface area contributed by atoms with Crippen LogP contribution in [-0.4, -0.2) is 30.9 Å². The zero-order valence-corrected chi connectivity index (χ0v) is 23.0. The molecule has 5 nitrogen and oxygen atoms in total. The van der Waals surface area contributed by atoms with Crippen LogP contribution in [0.15, 0.2) is 30.3 Å². The highest BCUT2D eigenvalue weighted by molar-refractivity contribution is 5.89. The van der Waals surface area contributed by atoms with Crippen LogP contribution in [0.4, 0.5) is 0 Å². The molecule has 0 bridgehead atoms. The van der Waals surface area contributed by atoms with E-state index in [2.05, 4.69) is 20.8 Å². The summed E-state index contributed by atoms with van der Waals surface area (Å²) in [4.78, 5) is 38.4. The predicted octanol–water partition coefficient (Wildman–Crippen LogP) is 6.64. The molecular formula is C32H44O5. The molecular weight excluding hydrogens is 464 g/mol. The van der Waals surface area contributed by atoms with Gasteiger partial charge in [0.05, 0.1) is 12.7 Å². The van der Waals surface area contributed by atoms with E-state index in [1.165, 1.54) is 20.0 Å². The Balaban J connectivity index is 1.27. The van der Waals surface area contributed by atoms with Crippen LogP contribution < -0.4 is 0 Å². The molecule has 0 amide bonds. The summed E-state index contributed by atoms with van der Waals surface area (Å²) in [6.45, 7) is 6.93. The second-order valence-corrected chi connectivity index (χ2v) is 13.0. The monoisotopic (exact) mass is 508 g/mol. The van der Waals surface area contributed by atoms with Gasteiger partial charge in [-0.25, -0.2) is 4.79 Å². The Morgan fingerprint density at radius 3 is 2.51 bits per heavy atom. The zero-order chi connectivity index (χ0) is 26.4. The van der Waals surface area contributed by atoms with Gasteiger partial charge in [-0.15, -0.1) is 0 Å². The molecule has 0 N–H and O–H groups in total. The Morgan fingerprint density at radius 2 is 1.78 bits per heavy atom. The van der Waals surface area contributed by atoms with Crippen LogP contribution >= 0.6 is 0 Å². The number of methoxy groups -OCH3 is 1. The minimum absolute atomic E-state index is 0.0292. The zero-order valence-electron chi connectivity index (χ0n) is 23.0. The van der Waals surface area contributed by atoms with Crippen molar-refractivity contribution in [3.63, 3.8) is 0 Å². The van der Waals surface area contributed by atoms with Gasteiger partial charge in [0, 0.05) is 18.3 Å². The lowest BCUT2D eigenvalue weighted by Gasteiger charge is -2.60. The molecule has 0 spiro atoms. The average molecular weight is 509 g/mol. The second-order valence-electron chi connectivity index (χ2n) is 13.0. The summed E-state index contributed by atoms with van der Waals surface area (Å²) in [7, 11) is 1.45. The number of esters is 2. The largest absolute Gasteiger partial charge is 0.469 e. The van der Waals surface area contributed by atoms with Gasteiger partial charge in [0.1, 0.15) is 11.9 Å². The van der Waals surface area contributed by atoms with Crippen molar-refractivity contribution in [3.05, 3.63) is 35.9 Å². The number of carbonyl (C=O) groups excluding carboxylic acids is 3. The average Bonchev–Trinajstić information content (AvgIpc) is 3.27. The van der Waals surface area contributed by atoms with Crippen LogP contribution in [0.3, 0.4) is 0 Å². The third-order valence-electron chi connectivity index (χ3n) is 11.6. The fourth-order valence-corrected chi connectivity index (χ4v) is 9.42. The van der Waals surface area contributed by atoms with E-state index in [0.717, 1.165) is 38.5 Å². The minimum Gasteiger partial charge on any atom is -0.469 e. The first-order chi connectivity index (χ1) is 17.7.